The van der Waals surface area contributed by atoms with Crippen molar-refractivity contribution < 1.29 is 51.6 Å². The van der Waals surface area contributed by atoms with Crippen LogP contribution in [0.2, 0.25) is 0 Å². The number of aliphatic hydroxyl groups is 1. The molecule has 0 bridgehead atoms. The Morgan fingerprint density at radius 3 is 1.73 bits per heavy atom. The van der Waals surface area contributed by atoms with Gasteiger partial charge in [0.2, 0.25) is 0 Å². The number of phosphoric acid groups is 1. The van der Waals surface area contributed by atoms with E-state index in [-0.39, 0.29) is 25.9 Å². The molecule has 0 aliphatic carbocycles. The van der Waals surface area contributed by atoms with Crippen LogP contribution in [-0.4, -0.2) is 81.2 Å². The molecule has 1 rings (SSSR count). The summed E-state index contributed by atoms with van der Waals surface area (Å²) in [5, 5.41) is 10.3. The van der Waals surface area contributed by atoms with Crippen molar-refractivity contribution in [2.75, 3.05) is 47.5 Å². The lowest BCUT2D eigenvalue weighted by Crippen LogP contribution is -2.37. The summed E-state index contributed by atoms with van der Waals surface area (Å²) in [6.07, 6.45) is 43.7. The van der Waals surface area contributed by atoms with Crippen LogP contribution in [0.15, 0.2) is 77.3 Å². The summed E-state index contributed by atoms with van der Waals surface area (Å²) >= 11 is 0. The first-order valence-corrected chi connectivity index (χ1v) is 26.6. The third-order valence-electron chi connectivity index (χ3n) is 11.1. The molecule has 0 aliphatic rings. The van der Waals surface area contributed by atoms with Crippen LogP contribution in [-0.2, 0) is 45.5 Å². The fraction of sp³-hybridized carbons (Fsp3) is 0.667. The molecular formula is C54H90NO10P. The summed E-state index contributed by atoms with van der Waals surface area (Å²) < 4.78 is 40.1. The first-order valence-electron chi connectivity index (χ1n) is 25.1. The van der Waals surface area contributed by atoms with Crippen LogP contribution in [0.5, 0.6) is 0 Å². The molecule has 66 heavy (non-hydrogen) atoms. The Morgan fingerprint density at radius 2 is 1.18 bits per heavy atom. The maximum absolute atomic E-state index is 12.8. The molecule has 1 aromatic heterocycles. The molecule has 0 saturated heterocycles. The van der Waals surface area contributed by atoms with Crippen molar-refractivity contribution in [1.29, 1.82) is 0 Å². The predicted molar refractivity (Wildman–Crippen MR) is 268 cm³/mol. The Balaban J connectivity index is 2.39. The maximum Gasteiger partial charge on any atom is 0.306 e. The van der Waals surface area contributed by atoms with Gasteiger partial charge in [-0.05, 0) is 82.8 Å². The van der Waals surface area contributed by atoms with Crippen molar-refractivity contribution in [2.24, 2.45) is 0 Å². The van der Waals surface area contributed by atoms with E-state index in [4.69, 9.17) is 22.9 Å². The molecule has 0 spiro atoms. The number of aryl methyl sites for hydroxylation is 2. The van der Waals surface area contributed by atoms with E-state index in [1.807, 2.05) is 33.3 Å². The highest BCUT2D eigenvalue weighted by atomic mass is 31.2. The Morgan fingerprint density at radius 1 is 0.667 bits per heavy atom. The summed E-state index contributed by atoms with van der Waals surface area (Å²) in [6, 6.07) is 0. The van der Waals surface area contributed by atoms with Crippen molar-refractivity contribution in [3.05, 3.63) is 95.6 Å². The second-order valence-corrected chi connectivity index (χ2v) is 19.6. The van der Waals surface area contributed by atoms with Gasteiger partial charge in [0.25, 0.3) is 7.82 Å². The maximum atomic E-state index is 12.8. The molecule has 1 aromatic rings. The van der Waals surface area contributed by atoms with Gasteiger partial charge in [-0.25, -0.2) is 0 Å². The van der Waals surface area contributed by atoms with E-state index >= 15 is 0 Å². The second-order valence-electron chi connectivity index (χ2n) is 18.2. The number of aliphatic hydroxyl groups excluding tert-OH is 1. The minimum absolute atomic E-state index is 0.0758. The molecule has 11 nitrogen and oxygen atoms in total. The Hall–Kier alpha value is -3.31. The summed E-state index contributed by atoms with van der Waals surface area (Å²) in [4.78, 5) is 37.8. The van der Waals surface area contributed by atoms with Gasteiger partial charge in [-0.2, -0.15) is 0 Å². The molecule has 0 radical (unpaired) electrons. The smallest absolute Gasteiger partial charge is 0.306 e. The summed E-state index contributed by atoms with van der Waals surface area (Å²) in [5.74, 6) is 1.21. The van der Waals surface area contributed by atoms with Crippen LogP contribution in [0.25, 0.3) is 0 Å². The van der Waals surface area contributed by atoms with E-state index in [1.54, 1.807) is 12.2 Å². The van der Waals surface area contributed by atoms with Crippen LogP contribution in [0, 0.1) is 13.8 Å². The fourth-order valence-corrected chi connectivity index (χ4v) is 7.55. The van der Waals surface area contributed by atoms with Gasteiger partial charge in [-0.1, -0.05) is 151 Å². The van der Waals surface area contributed by atoms with E-state index in [0.29, 0.717) is 17.4 Å². The highest BCUT2D eigenvalue weighted by Crippen LogP contribution is 2.38. The van der Waals surface area contributed by atoms with Gasteiger partial charge < -0.3 is 37.4 Å². The van der Waals surface area contributed by atoms with Crippen LogP contribution in [0.1, 0.15) is 171 Å². The Labute approximate surface area is 400 Å². The quantitative estimate of drug-likeness (QED) is 0.0168. The number of unbranched alkanes of at least 4 members (excludes halogenated alkanes) is 11. The molecule has 0 aromatic carbocycles. The average molecular weight is 944 g/mol. The zero-order valence-corrected chi connectivity index (χ0v) is 43.1. The number of quaternary nitrogens is 1. The summed E-state index contributed by atoms with van der Waals surface area (Å²) in [5.41, 5.74) is 2.67. The standard InChI is InChI=1S/C54H90NO10P/c1-8-10-12-13-14-15-16-17-18-19-20-21-24-27-30-34-37-49(56)41-42-53(57)61-45-50(46-63-66(59,60)62-44-43-55(5,6)7)64-54(58)40-36-32-29-26-23-22-25-28-31-35-39-52-48(4)47(3)51(65-52)38-33-11-9-2/h10,12,14-15,17-18,20-21,27,30,34,37,49-50,56H,8-9,11,13,16,19,22-26,28-29,31-33,35-36,38-46H2,1-7H3/b12-10-,15-14-,18-17-,21-20-,30-27-,37-34-/t49?,50-/m1/s1. The highest BCUT2D eigenvalue weighted by molar-refractivity contribution is 7.45. The van der Waals surface area contributed by atoms with Gasteiger partial charge in [0.1, 0.15) is 31.3 Å². The van der Waals surface area contributed by atoms with E-state index in [2.05, 4.69) is 76.3 Å². The molecule has 3 atom stereocenters. The number of phosphoric ester groups is 1. The third kappa shape index (κ3) is 34.9. The first-order chi connectivity index (χ1) is 31.7. The number of esters is 2. The molecule has 1 N–H and O–H groups in total. The number of ether oxygens (including phenoxy) is 2. The zero-order chi connectivity index (χ0) is 48.7. The topological polar surface area (TPSA) is 145 Å². The minimum atomic E-state index is -4.70. The van der Waals surface area contributed by atoms with Crippen molar-refractivity contribution in [1.82, 2.24) is 0 Å². The van der Waals surface area contributed by atoms with E-state index in [1.165, 1.54) is 67.6 Å². The fourth-order valence-electron chi connectivity index (χ4n) is 6.83. The third-order valence-corrected chi connectivity index (χ3v) is 12.0. The predicted octanol–water partition coefficient (Wildman–Crippen LogP) is 12.6. The molecule has 1 heterocycles. The molecule has 0 fully saturated rings. The lowest BCUT2D eigenvalue weighted by Gasteiger charge is -2.28. The van der Waals surface area contributed by atoms with E-state index < -0.39 is 45.2 Å². The van der Waals surface area contributed by atoms with Crippen molar-refractivity contribution >= 4 is 19.8 Å². The first kappa shape index (κ1) is 60.7. The molecule has 0 saturated carbocycles. The Kier molecular flexibility index (Phi) is 35.5. The number of carbonyl (C=O) groups excluding carboxylic acids is 2. The summed E-state index contributed by atoms with van der Waals surface area (Å²) in [7, 11) is 1.02. The molecule has 2 unspecified atom stereocenters. The zero-order valence-electron chi connectivity index (χ0n) is 42.2. The highest BCUT2D eigenvalue weighted by Gasteiger charge is 2.22. The number of furan rings is 1. The molecule has 0 amide bonds. The summed E-state index contributed by atoms with van der Waals surface area (Å²) in [6.45, 7) is 8.16. The number of hydrogen-bond acceptors (Lipinski definition) is 10. The number of allylic oxidation sites excluding steroid dienone is 11. The lowest BCUT2D eigenvalue weighted by molar-refractivity contribution is -0.870. The monoisotopic (exact) mass is 944 g/mol. The number of nitrogens with zero attached hydrogens (tertiary/aromatic N) is 1. The molecule has 0 aliphatic heterocycles. The van der Waals surface area contributed by atoms with Gasteiger partial charge in [-0.15, -0.1) is 0 Å². The number of likely N-dealkylation sites (N-methyl/N-ethyl adjacent to an activating group) is 1. The number of carbonyl (C=O) groups is 2. The second kappa shape index (κ2) is 38.6. The van der Waals surface area contributed by atoms with Crippen LogP contribution >= 0.6 is 7.82 Å². The van der Waals surface area contributed by atoms with Crippen LogP contribution in [0.3, 0.4) is 0 Å². The van der Waals surface area contributed by atoms with Gasteiger partial charge >= 0.3 is 11.9 Å². The largest absolute Gasteiger partial charge is 0.756 e. The van der Waals surface area contributed by atoms with Gasteiger partial charge in [-0.3, -0.25) is 14.2 Å². The van der Waals surface area contributed by atoms with Gasteiger partial charge in [0.05, 0.1) is 33.9 Å². The van der Waals surface area contributed by atoms with Gasteiger partial charge in [0, 0.05) is 25.7 Å². The number of hydrogen-bond donors (Lipinski definition) is 1. The lowest BCUT2D eigenvalue weighted by atomic mass is 10.0. The van der Waals surface area contributed by atoms with Crippen LogP contribution in [0.4, 0.5) is 0 Å². The molecule has 376 valence electrons. The van der Waals surface area contributed by atoms with Crippen LogP contribution < -0.4 is 4.89 Å². The Bertz CT molecular complexity index is 1650. The van der Waals surface area contributed by atoms with E-state index in [0.717, 1.165) is 77.0 Å². The van der Waals surface area contributed by atoms with Crippen molar-refractivity contribution in [3.63, 3.8) is 0 Å². The van der Waals surface area contributed by atoms with Gasteiger partial charge in [0.15, 0.2) is 6.10 Å². The molecule has 12 heteroatoms. The van der Waals surface area contributed by atoms with Crippen molar-refractivity contribution in [2.45, 2.75) is 188 Å². The number of rotatable bonds is 41. The normalized spacial score (nSPS) is 14.5. The molecular weight excluding hydrogens is 854 g/mol. The van der Waals surface area contributed by atoms with Crippen molar-refractivity contribution in [3.8, 4) is 0 Å². The van der Waals surface area contributed by atoms with E-state index in [9.17, 15) is 24.2 Å². The SMILES string of the molecule is CC/C=C\C/C=C\C/C=C\C/C=C\C/C=C\C=C/C(O)CCC(=O)OC[C@H](COP(=O)([O-])OCC[N+](C)(C)C)OC(=O)CCCCCCCCCCCCc1oc(CCCCC)c(C)c1C. The average Bonchev–Trinajstić information content (AvgIpc) is 3.54. The minimum Gasteiger partial charge on any atom is -0.756 e.